The van der Waals surface area contributed by atoms with Gasteiger partial charge >= 0.3 is 0 Å². The largest absolute Gasteiger partial charge is 0.508 e. The molecular formula is C13H18O. The van der Waals surface area contributed by atoms with Crippen molar-refractivity contribution >= 4 is 0 Å². The van der Waals surface area contributed by atoms with Crippen LogP contribution in [0.5, 0.6) is 5.75 Å². The number of benzene rings is 1. The van der Waals surface area contributed by atoms with Gasteiger partial charge in [-0.3, -0.25) is 0 Å². The second-order valence-corrected chi connectivity index (χ2v) is 3.56. The van der Waals surface area contributed by atoms with Crippen LogP contribution < -0.4 is 0 Å². The molecule has 0 fully saturated rings. The molecule has 0 atom stereocenters. The molecule has 0 amide bonds. The number of hydrogen-bond acceptors (Lipinski definition) is 1. The highest BCUT2D eigenvalue weighted by molar-refractivity contribution is 5.37. The first-order valence-electron chi connectivity index (χ1n) is 5.19. The van der Waals surface area contributed by atoms with Crippen molar-refractivity contribution in [2.24, 2.45) is 0 Å². The van der Waals surface area contributed by atoms with Crippen LogP contribution >= 0.6 is 0 Å². The van der Waals surface area contributed by atoms with E-state index in [1.165, 1.54) is 18.4 Å². The molecule has 1 aromatic rings. The quantitative estimate of drug-likeness (QED) is 0.705. The normalized spacial score (nSPS) is 10.1. The second-order valence-electron chi connectivity index (χ2n) is 3.56. The summed E-state index contributed by atoms with van der Waals surface area (Å²) in [5.74, 6) is 0.401. The number of unbranched alkanes of at least 4 members (excludes halogenated alkanes) is 1. The van der Waals surface area contributed by atoms with Crippen LogP contribution in [0.4, 0.5) is 0 Å². The van der Waals surface area contributed by atoms with Crippen molar-refractivity contribution in [1.82, 2.24) is 0 Å². The van der Waals surface area contributed by atoms with Gasteiger partial charge < -0.3 is 5.11 Å². The first-order chi connectivity index (χ1) is 6.77. The van der Waals surface area contributed by atoms with Crippen molar-refractivity contribution in [2.75, 3.05) is 0 Å². The fourth-order valence-electron chi connectivity index (χ4n) is 1.47. The van der Waals surface area contributed by atoms with Gasteiger partial charge in [-0.15, -0.1) is 6.58 Å². The van der Waals surface area contributed by atoms with E-state index < -0.39 is 0 Å². The van der Waals surface area contributed by atoms with Gasteiger partial charge in [0.05, 0.1) is 0 Å². The molecule has 0 spiro atoms. The lowest BCUT2D eigenvalue weighted by Crippen LogP contribution is -1.88. The van der Waals surface area contributed by atoms with Crippen LogP contribution in [0.3, 0.4) is 0 Å². The third-order valence-corrected chi connectivity index (χ3v) is 2.33. The van der Waals surface area contributed by atoms with Crippen LogP contribution in [-0.4, -0.2) is 5.11 Å². The third kappa shape index (κ3) is 2.91. The number of aryl methyl sites for hydroxylation is 1. The minimum absolute atomic E-state index is 0.401. The van der Waals surface area contributed by atoms with E-state index in [0.717, 1.165) is 18.4 Å². The first-order valence-corrected chi connectivity index (χ1v) is 5.19. The molecule has 1 nitrogen and oxygen atoms in total. The molecule has 14 heavy (non-hydrogen) atoms. The standard InChI is InChI=1S/C13H18O/c1-3-5-7-11-8-9-12(6-4-2)13(14)10-11/h4,8-10,14H,2-3,5-7H2,1H3. The average Bonchev–Trinajstić information content (AvgIpc) is 2.19. The predicted molar refractivity (Wildman–Crippen MR) is 60.6 cm³/mol. The van der Waals surface area contributed by atoms with E-state index in [1.54, 1.807) is 6.08 Å². The molecule has 1 rings (SSSR count). The SMILES string of the molecule is C=CCc1ccc(CCCC)cc1O. The molecule has 1 aromatic carbocycles. The molecule has 1 N–H and O–H groups in total. The molecule has 0 heterocycles. The summed E-state index contributed by atoms with van der Waals surface area (Å²) in [5, 5.41) is 9.67. The van der Waals surface area contributed by atoms with Crippen molar-refractivity contribution in [1.29, 1.82) is 0 Å². The Hall–Kier alpha value is -1.24. The molecule has 0 aliphatic heterocycles. The highest BCUT2D eigenvalue weighted by atomic mass is 16.3. The summed E-state index contributed by atoms with van der Waals surface area (Å²) in [6, 6.07) is 5.95. The van der Waals surface area contributed by atoms with Gasteiger partial charge in [0.25, 0.3) is 0 Å². The van der Waals surface area contributed by atoms with E-state index in [0.29, 0.717) is 5.75 Å². The van der Waals surface area contributed by atoms with Crippen LogP contribution in [0.1, 0.15) is 30.9 Å². The molecule has 0 aliphatic carbocycles. The zero-order chi connectivity index (χ0) is 10.4. The predicted octanol–water partition coefficient (Wildman–Crippen LogP) is 3.46. The van der Waals surface area contributed by atoms with Crippen molar-refractivity contribution in [3.8, 4) is 5.75 Å². The van der Waals surface area contributed by atoms with Crippen LogP contribution in [0, 0.1) is 0 Å². The number of phenols is 1. The van der Waals surface area contributed by atoms with Crippen LogP contribution in [0.15, 0.2) is 30.9 Å². The topological polar surface area (TPSA) is 20.2 Å². The van der Waals surface area contributed by atoms with Crippen LogP contribution in [0.2, 0.25) is 0 Å². The maximum Gasteiger partial charge on any atom is 0.119 e. The van der Waals surface area contributed by atoms with E-state index in [2.05, 4.69) is 19.6 Å². The van der Waals surface area contributed by atoms with Crippen molar-refractivity contribution in [3.63, 3.8) is 0 Å². The van der Waals surface area contributed by atoms with Gasteiger partial charge in [0.15, 0.2) is 0 Å². The Bertz CT molecular complexity index is 302. The van der Waals surface area contributed by atoms with Crippen molar-refractivity contribution in [3.05, 3.63) is 42.0 Å². The van der Waals surface area contributed by atoms with E-state index >= 15 is 0 Å². The van der Waals surface area contributed by atoms with E-state index in [9.17, 15) is 5.11 Å². The summed E-state index contributed by atoms with van der Waals surface area (Å²) in [7, 11) is 0. The van der Waals surface area contributed by atoms with Crippen molar-refractivity contribution < 1.29 is 5.11 Å². The summed E-state index contributed by atoms with van der Waals surface area (Å²) in [5.41, 5.74) is 2.18. The highest BCUT2D eigenvalue weighted by Gasteiger charge is 2.00. The molecule has 0 radical (unpaired) electrons. The number of phenolic OH excluding ortho intramolecular Hbond substituents is 1. The number of aromatic hydroxyl groups is 1. The highest BCUT2D eigenvalue weighted by Crippen LogP contribution is 2.20. The van der Waals surface area contributed by atoms with Gasteiger partial charge in [0, 0.05) is 0 Å². The average molecular weight is 190 g/mol. The Labute approximate surface area is 86.1 Å². The summed E-state index contributed by atoms with van der Waals surface area (Å²) in [4.78, 5) is 0. The minimum atomic E-state index is 0.401. The monoisotopic (exact) mass is 190 g/mol. The zero-order valence-corrected chi connectivity index (χ0v) is 8.79. The Morgan fingerprint density at radius 1 is 1.43 bits per heavy atom. The first kappa shape index (κ1) is 10.8. The molecule has 0 bridgehead atoms. The molecule has 0 aromatic heterocycles. The van der Waals surface area contributed by atoms with Gasteiger partial charge in [-0.2, -0.15) is 0 Å². The second kappa shape index (κ2) is 5.48. The number of hydrogen-bond donors (Lipinski definition) is 1. The lowest BCUT2D eigenvalue weighted by atomic mass is 10.0. The summed E-state index contributed by atoms with van der Waals surface area (Å²) >= 11 is 0. The maximum atomic E-state index is 9.67. The molecule has 76 valence electrons. The number of allylic oxidation sites excluding steroid dienone is 1. The van der Waals surface area contributed by atoms with Crippen LogP contribution in [0.25, 0.3) is 0 Å². The molecule has 0 saturated heterocycles. The Balaban J connectivity index is 2.72. The maximum absolute atomic E-state index is 9.67. The third-order valence-electron chi connectivity index (χ3n) is 2.33. The fraction of sp³-hybridized carbons (Fsp3) is 0.385. The summed E-state index contributed by atoms with van der Waals surface area (Å²) < 4.78 is 0. The number of rotatable bonds is 5. The molecule has 1 heteroatoms. The van der Waals surface area contributed by atoms with Gasteiger partial charge in [-0.1, -0.05) is 31.6 Å². The Kier molecular flexibility index (Phi) is 4.24. The van der Waals surface area contributed by atoms with E-state index in [1.807, 2.05) is 12.1 Å². The van der Waals surface area contributed by atoms with E-state index in [-0.39, 0.29) is 0 Å². The lowest BCUT2D eigenvalue weighted by Gasteiger charge is -2.05. The minimum Gasteiger partial charge on any atom is -0.508 e. The van der Waals surface area contributed by atoms with Crippen LogP contribution in [-0.2, 0) is 12.8 Å². The van der Waals surface area contributed by atoms with Gasteiger partial charge in [0.2, 0.25) is 0 Å². The molecular weight excluding hydrogens is 172 g/mol. The fourth-order valence-corrected chi connectivity index (χ4v) is 1.47. The Morgan fingerprint density at radius 3 is 2.79 bits per heavy atom. The summed E-state index contributed by atoms with van der Waals surface area (Å²) in [6.45, 7) is 5.83. The molecule has 0 saturated carbocycles. The van der Waals surface area contributed by atoms with E-state index in [4.69, 9.17) is 0 Å². The summed E-state index contributed by atoms with van der Waals surface area (Å²) in [6.07, 6.45) is 5.97. The zero-order valence-electron chi connectivity index (χ0n) is 8.79. The van der Waals surface area contributed by atoms with Gasteiger partial charge in [0.1, 0.15) is 5.75 Å². The van der Waals surface area contributed by atoms with Crippen molar-refractivity contribution in [2.45, 2.75) is 32.6 Å². The van der Waals surface area contributed by atoms with Gasteiger partial charge in [-0.05, 0) is 36.5 Å². The smallest absolute Gasteiger partial charge is 0.119 e. The molecule has 0 unspecified atom stereocenters. The van der Waals surface area contributed by atoms with Gasteiger partial charge in [-0.25, -0.2) is 0 Å². The Morgan fingerprint density at radius 2 is 2.21 bits per heavy atom. The lowest BCUT2D eigenvalue weighted by molar-refractivity contribution is 0.469. The molecule has 0 aliphatic rings.